The molecule has 0 radical (unpaired) electrons. The number of carbonyl (C=O) groups is 1. The van der Waals surface area contributed by atoms with Gasteiger partial charge in [-0.15, -0.1) is 0 Å². The van der Waals surface area contributed by atoms with Crippen LogP contribution >= 0.6 is 23.2 Å². The van der Waals surface area contributed by atoms with Gasteiger partial charge in [0.2, 0.25) is 0 Å². The van der Waals surface area contributed by atoms with E-state index < -0.39 is 5.91 Å². The van der Waals surface area contributed by atoms with Gasteiger partial charge in [-0.2, -0.15) is 5.10 Å². The van der Waals surface area contributed by atoms with Gasteiger partial charge in [-0.25, -0.2) is 5.43 Å². The lowest BCUT2D eigenvalue weighted by Gasteiger charge is -2.45. The average Bonchev–Trinajstić information content (AvgIpc) is 3.10. The lowest BCUT2D eigenvalue weighted by Crippen LogP contribution is -2.45. The molecule has 0 bridgehead atoms. The summed E-state index contributed by atoms with van der Waals surface area (Å²) in [4.78, 5) is 14.7. The first-order valence-corrected chi connectivity index (χ1v) is 10.5. The van der Waals surface area contributed by atoms with Crippen molar-refractivity contribution in [1.82, 2.24) is 5.43 Å². The Labute approximate surface area is 185 Å². The zero-order valence-corrected chi connectivity index (χ0v) is 18.8. The van der Waals surface area contributed by atoms with Gasteiger partial charge in [0, 0.05) is 34.2 Å². The molecule has 30 heavy (non-hydrogen) atoms. The molecular weight excluding hydrogens is 421 g/mol. The molecular formula is C23H23Cl2N3O2. The normalized spacial score (nSPS) is 18.1. The Kier molecular flexibility index (Phi) is 5.28. The smallest absolute Gasteiger partial charge is 0.307 e. The first kappa shape index (κ1) is 20.8. The van der Waals surface area contributed by atoms with Crippen LogP contribution in [0, 0.1) is 0 Å². The minimum atomic E-state index is -0.442. The molecule has 0 aliphatic carbocycles. The number of nitrogens with zero attached hydrogens (tertiary/aromatic N) is 2. The van der Waals surface area contributed by atoms with E-state index in [1.54, 1.807) is 30.5 Å². The van der Waals surface area contributed by atoms with Gasteiger partial charge in [0.05, 0.1) is 11.2 Å². The Morgan fingerprint density at radius 3 is 2.80 bits per heavy atom. The average molecular weight is 444 g/mol. The van der Waals surface area contributed by atoms with Crippen LogP contribution in [0.15, 0.2) is 45.9 Å². The van der Waals surface area contributed by atoms with Crippen LogP contribution in [0.3, 0.4) is 0 Å². The van der Waals surface area contributed by atoms with Crippen molar-refractivity contribution >= 4 is 52.0 Å². The van der Waals surface area contributed by atoms with Crippen LogP contribution in [0.5, 0.6) is 0 Å². The molecule has 2 heterocycles. The highest BCUT2D eigenvalue weighted by atomic mass is 35.5. The Bertz CT molecular complexity index is 1170. The van der Waals surface area contributed by atoms with Crippen LogP contribution in [-0.4, -0.2) is 24.7 Å². The van der Waals surface area contributed by atoms with Gasteiger partial charge in [-0.1, -0.05) is 30.1 Å². The predicted molar refractivity (Wildman–Crippen MR) is 123 cm³/mol. The number of anilines is 1. The van der Waals surface area contributed by atoms with Crippen molar-refractivity contribution in [3.05, 3.63) is 63.3 Å². The zero-order valence-electron chi connectivity index (χ0n) is 17.3. The van der Waals surface area contributed by atoms with Crippen LogP contribution in [0.1, 0.15) is 54.8 Å². The number of hydrazone groups is 1. The summed E-state index contributed by atoms with van der Waals surface area (Å²) in [5.41, 5.74) is 6.27. The van der Waals surface area contributed by atoms with Gasteiger partial charge in [0.25, 0.3) is 0 Å². The molecule has 1 N–H and O–H groups in total. The van der Waals surface area contributed by atoms with Crippen molar-refractivity contribution in [3.8, 4) is 0 Å². The van der Waals surface area contributed by atoms with Crippen molar-refractivity contribution in [2.24, 2.45) is 5.10 Å². The van der Waals surface area contributed by atoms with Gasteiger partial charge >= 0.3 is 5.91 Å². The maximum atomic E-state index is 12.4. The third-order valence-electron chi connectivity index (χ3n) is 5.82. The van der Waals surface area contributed by atoms with E-state index >= 15 is 0 Å². The second-order valence-electron chi connectivity index (χ2n) is 8.40. The Morgan fingerprint density at radius 2 is 2.03 bits per heavy atom. The van der Waals surface area contributed by atoms with Crippen LogP contribution in [0.4, 0.5) is 5.69 Å². The standard InChI is InChI=1S/C23H23Cl2N3O2/c1-13-11-23(2,3)28(4)19-10-18(25)15(8-17(13)19)12-26-27-22(29)21-9-14-7-16(24)5-6-20(14)30-21/h5-10,12-13H,11H2,1-4H3,(H,27,29)/b26-12-/t13-/m0/s1. The highest BCUT2D eigenvalue weighted by Crippen LogP contribution is 2.44. The molecule has 0 saturated heterocycles. The molecule has 1 aliphatic rings. The number of nitrogens with one attached hydrogen (secondary N) is 1. The van der Waals surface area contributed by atoms with E-state index in [4.69, 9.17) is 27.6 Å². The minimum absolute atomic E-state index is 0.0656. The van der Waals surface area contributed by atoms with E-state index in [1.807, 2.05) is 12.1 Å². The zero-order chi connectivity index (χ0) is 21.6. The van der Waals surface area contributed by atoms with Crippen molar-refractivity contribution in [1.29, 1.82) is 0 Å². The molecule has 1 aliphatic heterocycles. The Morgan fingerprint density at radius 1 is 1.27 bits per heavy atom. The maximum Gasteiger partial charge on any atom is 0.307 e. The molecule has 5 nitrogen and oxygen atoms in total. The first-order chi connectivity index (χ1) is 14.2. The summed E-state index contributed by atoms with van der Waals surface area (Å²) < 4.78 is 5.55. The number of rotatable bonds is 3. The summed E-state index contributed by atoms with van der Waals surface area (Å²) in [6, 6.07) is 10.8. The highest BCUT2D eigenvalue weighted by molar-refractivity contribution is 6.33. The maximum absolute atomic E-state index is 12.4. The van der Waals surface area contributed by atoms with Gasteiger partial charge < -0.3 is 9.32 Å². The van der Waals surface area contributed by atoms with Gasteiger partial charge in [-0.3, -0.25) is 4.79 Å². The van der Waals surface area contributed by atoms with Crippen molar-refractivity contribution < 1.29 is 9.21 Å². The monoisotopic (exact) mass is 443 g/mol. The number of carbonyl (C=O) groups excluding carboxylic acids is 1. The summed E-state index contributed by atoms with van der Waals surface area (Å²) in [6.07, 6.45) is 2.61. The van der Waals surface area contributed by atoms with Crippen LogP contribution < -0.4 is 10.3 Å². The summed E-state index contributed by atoms with van der Waals surface area (Å²) >= 11 is 12.5. The number of hydrogen-bond donors (Lipinski definition) is 1. The van der Waals surface area contributed by atoms with Crippen molar-refractivity contribution in [3.63, 3.8) is 0 Å². The van der Waals surface area contributed by atoms with Crippen molar-refractivity contribution in [2.45, 2.75) is 38.6 Å². The van der Waals surface area contributed by atoms with Crippen LogP contribution in [-0.2, 0) is 0 Å². The number of amides is 1. The van der Waals surface area contributed by atoms with E-state index in [0.717, 1.165) is 23.1 Å². The second kappa shape index (κ2) is 7.64. The highest BCUT2D eigenvalue weighted by Gasteiger charge is 2.34. The lowest BCUT2D eigenvalue weighted by atomic mass is 9.80. The van der Waals surface area contributed by atoms with Crippen LogP contribution in [0.25, 0.3) is 11.0 Å². The van der Waals surface area contributed by atoms with E-state index in [1.165, 1.54) is 5.56 Å². The SMILES string of the molecule is C[C@H]1CC(C)(C)N(C)c2cc(Cl)c(/C=N\NC(=O)c3cc4cc(Cl)ccc4o3)cc21. The number of hydrogen-bond acceptors (Lipinski definition) is 4. The lowest BCUT2D eigenvalue weighted by molar-refractivity contribution is 0.0929. The Balaban J connectivity index is 1.54. The molecule has 0 saturated carbocycles. The third kappa shape index (κ3) is 3.80. The fourth-order valence-corrected chi connectivity index (χ4v) is 4.43. The molecule has 156 valence electrons. The van der Waals surface area contributed by atoms with Crippen LogP contribution in [0.2, 0.25) is 10.0 Å². The molecule has 0 fully saturated rings. The van der Waals surface area contributed by atoms with E-state index in [0.29, 0.717) is 21.5 Å². The summed E-state index contributed by atoms with van der Waals surface area (Å²) in [5, 5.41) is 6.01. The summed E-state index contributed by atoms with van der Waals surface area (Å²) in [5.74, 6) is 0.119. The minimum Gasteiger partial charge on any atom is -0.451 e. The number of benzene rings is 2. The molecule has 1 amide bonds. The quantitative estimate of drug-likeness (QED) is 0.385. The fourth-order valence-electron chi connectivity index (χ4n) is 4.05. The second-order valence-corrected chi connectivity index (χ2v) is 9.24. The van der Waals surface area contributed by atoms with Crippen molar-refractivity contribution in [2.75, 3.05) is 11.9 Å². The molecule has 7 heteroatoms. The first-order valence-electron chi connectivity index (χ1n) is 9.75. The van der Waals surface area contributed by atoms with E-state index in [9.17, 15) is 4.79 Å². The van der Waals surface area contributed by atoms with Gasteiger partial charge in [-0.05, 0) is 68.1 Å². The summed E-state index contributed by atoms with van der Waals surface area (Å²) in [7, 11) is 2.09. The number of furan rings is 1. The number of halogens is 2. The predicted octanol–water partition coefficient (Wildman–Crippen LogP) is 6.23. The number of fused-ring (bicyclic) bond motifs is 2. The molecule has 3 aromatic rings. The molecule has 0 spiro atoms. The molecule has 1 aromatic heterocycles. The topological polar surface area (TPSA) is 57.8 Å². The summed E-state index contributed by atoms with van der Waals surface area (Å²) in [6.45, 7) is 6.69. The van der Waals surface area contributed by atoms with E-state index in [-0.39, 0.29) is 11.3 Å². The molecule has 0 unspecified atom stereocenters. The molecule has 2 aromatic carbocycles. The van der Waals surface area contributed by atoms with Gasteiger partial charge in [0.15, 0.2) is 5.76 Å². The Hall–Kier alpha value is -2.50. The third-order valence-corrected chi connectivity index (χ3v) is 6.39. The van der Waals surface area contributed by atoms with Gasteiger partial charge in [0.1, 0.15) is 5.58 Å². The molecule has 4 rings (SSSR count). The molecule has 1 atom stereocenters. The fraction of sp³-hybridized carbons (Fsp3) is 0.304. The van der Waals surface area contributed by atoms with E-state index in [2.05, 4.69) is 43.2 Å². The largest absolute Gasteiger partial charge is 0.451 e.